The molecule has 1 aliphatic heterocycles. The highest BCUT2D eigenvalue weighted by Gasteiger charge is 2.30. The maximum atomic E-state index is 12.7. The number of rotatable bonds is 4. The SMILES string of the molecule is Cc1cc(OC(=O)C(C)Cl)cc2c1C(=O)/C(=C/c1ccc(N(C)C)cc1)O2. The summed E-state index contributed by atoms with van der Waals surface area (Å²) in [5.74, 6) is 0.161. The van der Waals surface area contributed by atoms with Crippen LogP contribution in [0.15, 0.2) is 42.2 Å². The van der Waals surface area contributed by atoms with E-state index in [-0.39, 0.29) is 11.5 Å². The fraction of sp³-hybridized carbons (Fsp3) is 0.238. The Morgan fingerprint density at radius 3 is 2.48 bits per heavy atom. The Hall–Kier alpha value is -2.79. The van der Waals surface area contributed by atoms with Crippen molar-refractivity contribution in [3.8, 4) is 11.5 Å². The Morgan fingerprint density at radius 1 is 1.22 bits per heavy atom. The van der Waals surface area contributed by atoms with Gasteiger partial charge in [-0.15, -0.1) is 11.6 Å². The third-order valence-corrected chi connectivity index (χ3v) is 4.37. The maximum Gasteiger partial charge on any atom is 0.329 e. The predicted octanol–water partition coefficient (Wildman–Crippen LogP) is 4.21. The van der Waals surface area contributed by atoms with Gasteiger partial charge in [0.05, 0.1) is 5.56 Å². The van der Waals surface area contributed by atoms with E-state index in [1.54, 1.807) is 19.1 Å². The zero-order valence-corrected chi connectivity index (χ0v) is 16.3. The number of anilines is 1. The lowest BCUT2D eigenvalue weighted by Gasteiger charge is -2.11. The van der Waals surface area contributed by atoms with Gasteiger partial charge in [0, 0.05) is 25.8 Å². The molecule has 1 heterocycles. The molecule has 2 aromatic carbocycles. The first-order chi connectivity index (χ1) is 12.8. The number of carbonyl (C=O) groups excluding carboxylic acids is 2. The van der Waals surface area contributed by atoms with Gasteiger partial charge in [0.25, 0.3) is 0 Å². The van der Waals surface area contributed by atoms with Crippen molar-refractivity contribution in [2.24, 2.45) is 0 Å². The molecule has 0 amide bonds. The van der Waals surface area contributed by atoms with Crippen molar-refractivity contribution in [1.29, 1.82) is 0 Å². The summed E-state index contributed by atoms with van der Waals surface area (Å²) in [6, 6.07) is 10.9. The summed E-state index contributed by atoms with van der Waals surface area (Å²) in [5, 5.41) is -0.762. The van der Waals surface area contributed by atoms with Crippen LogP contribution < -0.4 is 14.4 Å². The molecule has 3 rings (SSSR count). The lowest BCUT2D eigenvalue weighted by Crippen LogP contribution is -2.17. The zero-order chi connectivity index (χ0) is 19.7. The fourth-order valence-electron chi connectivity index (χ4n) is 2.75. The number of fused-ring (bicyclic) bond motifs is 1. The van der Waals surface area contributed by atoms with Crippen LogP contribution in [0.3, 0.4) is 0 Å². The van der Waals surface area contributed by atoms with E-state index in [4.69, 9.17) is 21.1 Å². The number of allylic oxidation sites excluding steroid dienone is 1. The van der Waals surface area contributed by atoms with Gasteiger partial charge in [-0.05, 0) is 49.2 Å². The van der Waals surface area contributed by atoms with Gasteiger partial charge >= 0.3 is 5.97 Å². The number of hydrogen-bond acceptors (Lipinski definition) is 5. The van der Waals surface area contributed by atoms with Crippen molar-refractivity contribution in [2.45, 2.75) is 19.2 Å². The summed E-state index contributed by atoms with van der Waals surface area (Å²) in [5.41, 5.74) is 3.07. The maximum absolute atomic E-state index is 12.7. The van der Waals surface area contributed by atoms with Crippen molar-refractivity contribution in [3.63, 3.8) is 0 Å². The summed E-state index contributed by atoms with van der Waals surface area (Å²) in [7, 11) is 3.93. The topological polar surface area (TPSA) is 55.8 Å². The van der Waals surface area contributed by atoms with Crippen LogP contribution in [0, 0.1) is 6.92 Å². The number of ether oxygens (including phenoxy) is 2. The van der Waals surface area contributed by atoms with Crippen LogP contribution in [0.2, 0.25) is 0 Å². The van der Waals surface area contributed by atoms with Gasteiger partial charge < -0.3 is 14.4 Å². The first kappa shape index (κ1) is 19.0. The van der Waals surface area contributed by atoms with Crippen LogP contribution >= 0.6 is 11.6 Å². The number of nitrogens with zero attached hydrogens (tertiary/aromatic N) is 1. The van der Waals surface area contributed by atoms with E-state index in [0.717, 1.165) is 11.3 Å². The first-order valence-electron chi connectivity index (χ1n) is 8.48. The van der Waals surface area contributed by atoms with Gasteiger partial charge in [-0.2, -0.15) is 0 Å². The zero-order valence-electron chi connectivity index (χ0n) is 15.6. The predicted molar refractivity (Wildman–Crippen MR) is 106 cm³/mol. The summed E-state index contributed by atoms with van der Waals surface area (Å²) in [4.78, 5) is 26.4. The molecule has 0 bridgehead atoms. The minimum Gasteiger partial charge on any atom is -0.452 e. The summed E-state index contributed by atoms with van der Waals surface area (Å²) in [6.45, 7) is 3.31. The number of ketones is 1. The van der Waals surface area contributed by atoms with Crippen LogP contribution in [-0.4, -0.2) is 31.2 Å². The quantitative estimate of drug-likeness (QED) is 0.341. The Labute approximate surface area is 163 Å². The Kier molecular flexibility index (Phi) is 5.24. The highest BCUT2D eigenvalue weighted by atomic mass is 35.5. The van der Waals surface area contributed by atoms with Crippen molar-refractivity contribution >= 4 is 35.1 Å². The summed E-state index contributed by atoms with van der Waals surface area (Å²) >= 11 is 5.73. The van der Waals surface area contributed by atoms with Crippen LogP contribution in [-0.2, 0) is 4.79 Å². The van der Waals surface area contributed by atoms with E-state index in [9.17, 15) is 9.59 Å². The van der Waals surface area contributed by atoms with Gasteiger partial charge in [0.2, 0.25) is 5.78 Å². The number of carbonyl (C=O) groups is 2. The van der Waals surface area contributed by atoms with Crippen molar-refractivity contribution in [1.82, 2.24) is 0 Å². The molecule has 0 saturated carbocycles. The highest BCUT2D eigenvalue weighted by Crippen LogP contribution is 2.37. The molecular formula is C21H20ClNO4. The minimum atomic E-state index is -0.762. The number of esters is 1. The monoisotopic (exact) mass is 385 g/mol. The number of alkyl halides is 1. The molecule has 0 aromatic heterocycles. The van der Waals surface area contributed by atoms with E-state index >= 15 is 0 Å². The molecule has 1 aliphatic rings. The van der Waals surface area contributed by atoms with Crippen LogP contribution in [0.1, 0.15) is 28.4 Å². The van der Waals surface area contributed by atoms with Gasteiger partial charge in [0.1, 0.15) is 16.9 Å². The standard InChI is InChI=1S/C21H20ClNO4/c1-12-9-16(26-21(25)13(2)22)11-17-19(12)20(24)18(27-17)10-14-5-7-15(8-6-14)23(3)4/h5-11,13H,1-4H3/b18-10-. The molecule has 0 saturated heterocycles. The number of Topliss-reactive ketones (excluding diaryl/α,β-unsaturated/α-hetero) is 1. The largest absolute Gasteiger partial charge is 0.452 e. The fourth-order valence-corrected chi connectivity index (χ4v) is 2.80. The number of aryl methyl sites for hydroxylation is 1. The number of halogens is 1. The normalized spacial score (nSPS) is 15.3. The van der Waals surface area contributed by atoms with Crippen LogP contribution in [0.25, 0.3) is 6.08 Å². The molecule has 27 heavy (non-hydrogen) atoms. The third kappa shape index (κ3) is 3.98. The average Bonchev–Trinajstić information content (AvgIpc) is 2.91. The van der Waals surface area contributed by atoms with Crippen molar-refractivity contribution in [2.75, 3.05) is 19.0 Å². The number of hydrogen-bond donors (Lipinski definition) is 0. The molecular weight excluding hydrogens is 366 g/mol. The minimum absolute atomic E-state index is 0.192. The van der Waals surface area contributed by atoms with E-state index < -0.39 is 11.3 Å². The van der Waals surface area contributed by atoms with Crippen LogP contribution in [0.4, 0.5) is 5.69 Å². The smallest absolute Gasteiger partial charge is 0.329 e. The molecule has 0 radical (unpaired) electrons. The summed E-state index contributed by atoms with van der Waals surface area (Å²) in [6.07, 6.45) is 1.70. The molecule has 0 aliphatic carbocycles. The molecule has 6 heteroatoms. The van der Waals surface area contributed by atoms with Gasteiger partial charge in [-0.25, -0.2) is 0 Å². The molecule has 5 nitrogen and oxygen atoms in total. The van der Waals surface area contributed by atoms with E-state index in [1.165, 1.54) is 13.0 Å². The van der Waals surface area contributed by atoms with Crippen LogP contribution in [0.5, 0.6) is 11.5 Å². The molecule has 1 unspecified atom stereocenters. The molecule has 140 valence electrons. The molecule has 0 fully saturated rings. The Bertz CT molecular complexity index is 930. The average molecular weight is 386 g/mol. The summed E-state index contributed by atoms with van der Waals surface area (Å²) < 4.78 is 11.0. The second-order valence-electron chi connectivity index (χ2n) is 6.58. The number of benzene rings is 2. The highest BCUT2D eigenvalue weighted by molar-refractivity contribution is 6.29. The third-order valence-electron chi connectivity index (χ3n) is 4.19. The van der Waals surface area contributed by atoms with Crippen molar-refractivity contribution in [3.05, 3.63) is 58.8 Å². The van der Waals surface area contributed by atoms with Crippen molar-refractivity contribution < 1.29 is 19.1 Å². The van der Waals surface area contributed by atoms with E-state index in [2.05, 4.69) is 0 Å². The van der Waals surface area contributed by atoms with Gasteiger partial charge in [0.15, 0.2) is 5.76 Å². The lowest BCUT2D eigenvalue weighted by atomic mass is 10.0. The second kappa shape index (κ2) is 7.45. The van der Waals surface area contributed by atoms with E-state index in [0.29, 0.717) is 22.6 Å². The molecule has 0 N–H and O–H groups in total. The molecule has 2 aromatic rings. The van der Waals surface area contributed by atoms with Gasteiger partial charge in [-0.1, -0.05) is 12.1 Å². The first-order valence-corrected chi connectivity index (χ1v) is 8.92. The second-order valence-corrected chi connectivity index (χ2v) is 7.23. The van der Waals surface area contributed by atoms with Gasteiger partial charge in [-0.3, -0.25) is 9.59 Å². The molecule has 1 atom stereocenters. The lowest BCUT2D eigenvalue weighted by molar-refractivity contribution is -0.133. The molecule has 0 spiro atoms. The van der Waals surface area contributed by atoms with E-state index in [1.807, 2.05) is 43.3 Å². The Balaban J connectivity index is 1.88. The Morgan fingerprint density at radius 2 is 1.89 bits per heavy atom.